The molecule has 0 amide bonds. The van der Waals surface area contributed by atoms with Crippen LogP contribution in [0.5, 0.6) is 0 Å². The van der Waals surface area contributed by atoms with Crippen LogP contribution in [-0.2, 0) is 5.41 Å². The van der Waals surface area contributed by atoms with Crippen molar-refractivity contribution in [2.45, 2.75) is 26.2 Å². The third-order valence-corrected chi connectivity index (χ3v) is 4.41. The van der Waals surface area contributed by atoms with Crippen molar-refractivity contribution in [3.8, 4) is 11.4 Å². The van der Waals surface area contributed by atoms with Crippen molar-refractivity contribution >= 4 is 37.7 Å². The van der Waals surface area contributed by atoms with Crippen LogP contribution in [-0.4, -0.2) is 17.0 Å². The van der Waals surface area contributed by atoms with Crippen molar-refractivity contribution in [1.29, 1.82) is 0 Å². The van der Waals surface area contributed by atoms with E-state index < -0.39 is 0 Å². The minimum Gasteiger partial charge on any atom is -0.372 e. The molecule has 0 saturated carbocycles. The van der Waals surface area contributed by atoms with Crippen LogP contribution in [0.1, 0.15) is 26.5 Å². The van der Waals surface area contributed by atoms with E-state index in [1.165, 1.54) is 12.1 Å². The van der Waals surface area contributed by atoms with Crippen LogP contribution >= 0.6 is 31.9 Å². The van der Waals surface area contributed by atoms with Gasteiger partial charge in [0.05, 0.1) is 10.2 Å². The Morgan fingerprint density at radius 3 is 2.38 bits per heavy atom. The summed E-state index contributed by atoms with van der Waals surface area (Å²) in [5.41, 5.74) is 1.33. The summed E-state index contributed by atoms with van der Waals surface area (Å²) < 4.78 is 15.1. The fourth-order valence-corrected chi connectivity index (χ4v) is 3.29. The SMILES string of the molecule is CNc1nc(-c2cc(F)ccc2Br)nc(C(C)(C)C)c1Br. The van der Waals surface area contributed by atoms with E-state index in [2.05, 4.69) is 67.9 Å². The molecule has 2 aromatic rings. The molecular formula is C15H16Br2FN3. The fraction of sp³-hybridized carbons (Fsp3) is 0.333. The van der Waals surface area contributed by atoms with Gasteiger partial charge in [-0.25, -0.2) is 14.4 Å². The standard InChI is InChI=1S/C15H16Br2FN3/c1-15(2,3)12-11(17)14(19-4)21-13(20-12)9-7-8(18)5-6-10(9)16/h5-7H,1-4H3,(H,19,20,21). The second-order valence-electron chi connectivity index (χ2n) is 5.68. The Kier molecular flexibility index (Phi) is 4.68. The molecule has 0 aliphatic carbocycles. The Bertz CT molecular complexity index is 681. The quantitative estimate of drug-likeness (QED) is 0.735. The third-order valence-electron chi connectivity index (χ3n) is 2.97. The molecule has 1 aromatic carbocycles. The largest absolute Gasteiger partial charge is 0.372 e. The van der Waals surface area contributed by atoms with Gasteiger partial charge in [0, 0.05) is 22.5 Å². The van der Waals surface area contributed by atoms with Gasteiger partial charge < -0.3 is 5.32 Å². The first-order chi connectivity index (χ1) is 9.74. The normalized spacial score (nSPS) is 11.6. The predicted molar refractivity (Wildman–Crippen MR) is 91.1 cm³/mol. The third kappa shape index (κ3) is 3.43. The number of nitrogens with zero attached hydrogens (tertiary/aromatic N) is 2. The molecule has 0 aliphatic heterocycles. The molecule has 0 fully saturated rings. The summed E-state index contributed by atoms with van der Waals surface area (Å²) in [5.74, 6) is 0.850. The molecule has 6 heteroatoms. The minimum absolute atomic E-state index is 0.165. The summed E-state index contributed by atoms with van der Waals surface area (Å²) in [4.78, 5) is 9.10. The van der Waals surface area contributed by atoms with Crippen LogP contribution in [0.25, 0.3) is 11.4 Å². The van der Waals surface area contributed by atoms with Crippen molar-refractivity contribution < 1.29 is 4.39 Å². The van der Waals surface area contributed by atoms with Crippen LogP contribution < -0.4 is 5.32 Å². The number of hydrogen-bond acceptors (Lipinski definition) is 3. The van der Waals surface area contributed by atoms with E-state index in [0.29, 0.717) is 17.2 Å². The maximum Gasteiger partial charge on any atom is 0.163 e. The van der Waals surface area contributed by atoms with E-state index in [-0.39, 0.29) is 11.2 Å². The lowest BCUT2D eigenvalue weighted by Crippen LogP contribution is -2.17. The van der Waals surface area contributed by atoms with Gasteiger partial charge in [-0.15, -0.1) is 0 Å². The molecule has 0 radical (unpaired) electrons. The zero-order valence-electron chi connectivity index (χ0n) is 12.3. The van der Waals surface area contributed by atoms with Crippen molar-refractivity contribution in [3.05, 3.63) is 38.7 Å². The number of aromatic nitrogens is 2. The maximum atomic E-state index is 13.5. The minimum atomic E-state index is -0.317. The number of nitrogens with one attached hydrogen (secondary N) is 1. The van der Waals surface area contributed by atoms with Gasteiger partial charge in [0.2, 0.25) is 0 Å². The molecule has 3 nitrogen and oxygen atoms in total. The topological polar surface area (TPSA) is 37.8 Å². The van der Waals surface area contributed by atoms with E-state index >= 15 is 0 Å². The Balaban J connectivity index is 2.73. The first kappa shape index (κ1) is 16.4. The lowest BCUT2D eigenvalue weighted by Gasteiger charge is -2.22. The Labute approximate surface area is 140 Å². The molecule has 0 spiro atoms. The summed E-state index contributed by atoms with van der Waals surface area (Å²) in [6.07, 6.45) is 0. The van der Waals surface area contributed by atoms with Gasteiger partial charge in [-0.05, 0) is 34.1 Å². The average molecular weight is 417 g/mol. The molecule has 0 atom stereocenters. The zero-order chi connectivity index (χ0) is 15.8. The van der Waals surface area contributed by atoms with Crippen LogP contribution in [0.4, 0.5) is 10.2 Å². The lowest BCUT2D eigenvalue weighted by molar-refractivity contribution is 0.564. The number of rotatable bonds is 2. The van der Waals surface area contributed by atoms with E-state index in [0.717, 1.165) is 14.6 Å². The summed E-state index contributed by atoms with van der Waals surface area (Å²) in [7, 11) is 1.80. The Morgan fingerprint density at radius 2 is 1.81 bits per heavy atom. The highest BCUT2D eigenvalue weighted by Crippen LogP contribution is 2.35. The number of benzene rings is 1. The van der Waals surface area contributed by atoms with E-state index in [9.17, 15) is 4.39 Å². The first-order valence-corrected chi connectivity index (χ1v) is 8.04. The van der Waals surface area contributed by atoms with Crippen molar-refractivity contribution in [2.24, 2.45) is 0 Å². The summed E-state index contributed by atoms with van der Waals surface area (Å²) in [5, 5.41) is 3.04. The molecule has 112 valence electrons. The Morgan fingerprint density at radius 1 is 1.14 bits per heavy atom. The lowest BCUT2D eigenvalue weighted by atomic mass is 9.91. The zero-order valence-corrected chi connectivity index (χ0v) is 15.4. The predicted octanol–water partition coefficient (Wildman–Crippen LogP) is 5.15. The van der Waals surface area contributed by atoms with E-state index in [1.54, 1.807) is 13.1 Å². The van der Waals surface area contributed by atoms with Gasteiger partial charge >= 0.3 is 0 Å². The molecule has 21 heavy (non-hydrogen) atoms. The van der Waals surface area contributed by atoms with Gasteiger partial charge in [-0.3, -0.25) is 0 Å². The smallest absolute Gasteiger partial charge is 0.163 e. The molecule has 0 bridgehead atoms. The van der Waals surface area contributed by atoms with Crippen LogP contribution in [0.2, 0.25) is 0 Å². The summed E-state index contributed by atoms with van der Waals surface area (Å²) >= 11 is 6.97. The van der Waals surface area contributed by atoms with Gasteiger partial charge in [0.1, 0.15) is 11.6 Å². The van der Waals surface area contributed by atoms with Gasteiger partial charge in [0.15, 0.2) is 5.82 Å². The van der Waals surface area contributed by atoms with Crippen LogP contribution in [0.3, 0.4) is 0 Å². The molecule has 1 aromatic heterocycles. The van der Waals surface area contributed by atoms with E-state index in [4.69, 9.17) is 0 Å². The highest BCUT2D eigenvalue weighted by atomic mass is 79.9. The second-order valence-corrected chi connectivity index (χ2v) is 7.33. The maximum absolute atomic E-state index is 13.5. The molecule has 2 rings (SSSR count). The number of anilines is 1. The highest BCUT2D eigenvalue weighted by Gasteiger charge is 2.24. The number of hydrogen-bond donors (Lipinski definition) is 1. The Hall–Kier alpha value is -1.01. The van der Waals surface area contributed by atoms with Gasteiger partial charge in [-0.1, -0.05) is 36.7 Å². The van der Waals surface area contributed by atoms with Crippen LogP contribution in [0.15, 0.2) is 27.1 Å². The van der Waals surface area contributed by atoms with Crippen molar-refractivity contribution in [3.63, 3.8) is 0 Å². The monoisotopic (exact) mass is 415 g/mol. The molecular weight excluding hydrogens is 401 g/mol. The van der Waals surface area contributed by atoms with E-state index in [1.807, 2.05) is 0 Å². The average Bonchev–Trinajstić information content (AvgIpc) is 2.40. The van der Waals surface area contributed by atoms with Crippen molar-refractivity contribution in [1.82, 2.24) is 9.97 Å². The molecule has 0 saturated heterocycles. The molecule has 1 heterocycles. The fourth-order valence-electron chi connectivity index (χ4n) is 1.90. The summed E-state index contributed by atoms with van der Waals surface area (Å²) in [6, 6.07) is 4.49. The van der Waals surface area contributed by atoms with Crippen molar-refractivity contribution in [2.75, 3.05) is 12.4 Å². The highest BCUT2D eigenvalue weighted by molar-refractivity contribution is 9.11. The molecule has 0 aliphatic rings. The van der Waals surface area contributed by atoms with Gasteiger partial charge in [-0.2, -0.15) is 0 Å². The molecule has 1 N–H and O–H groups in total. The first-order valence-electron chi connectivity index (χ1n) is 6.45. The van der Waals surface area contributed by atoms with Crippen LogP contribution in [0, 0.1) is 5.82 Å². The second kappa shape index (κ2) is 6.01. The van der Waals surface area contributed by atoms with Gasteiger partial charge in [0.25, 0.3) is 0 Å². The number of halogens is 3. The summed E-state index contributed by atoms with van der Waals surface area (Å²) in [6.45, 7) is 6.22. The molecule has 0 unspecified atom stereocenters.